The molecule has 9 heteroatoms. The second-order valence-corrected chi connectivity index (χ2v) is 8.57. The second kappa shape index (κ2) is 7.73. The van der Waals surface area contributed by atoms with E-state index >= 15 is 0 Å². The van der Waals surface area contributed by atoms with Gasteiger partial charge < -0.3 is 10.4 Å². The van der Waals surface area contributed by atoms with Crippen LogP contribution in [0.3, 0.4) is 0 Å². The monoisotopic (exact) mass is 381 g/mol. The molecule has 1 heterocycles. The molecule has 0 aromatic heterocycles. The number of piperazine rings is 1. The average molecular weight is 381 g/mol. The van der Waals surface area contributed by atoms with Gasteiger partial charge in [0.25, 0.3) is 0 Å². The lowest BCUT2D eigenvalue weighted by Crippen LogP contribution is -2.51. The van der Waals surface area contributed by atoms with Crippen molar-refractivity contribution in [3.8, 4) is 0 Å². The van der Waals surface area contributed by atoms with Crippen molar-refractivity contribution in [2.45, 2.75) is 24.2 Å². The molecule has 2 N–H and O–H groups in total. The van der Waals surface area contributed by atoms with Crippen molar-refractivity contribution in [1.82, 2.24) is 14.5 Å². The van der Waals surface area contributed by atoms with Gasteiger partial charge in [0.2, 0.25) is 15.9 Å². The quantitative estimate of drug-likeness (QED) is 0.700. The first kappa shape index (κ1) is 18.8. The van der Waals surface area contributed by atoms with Crippen LogP contribution in [0.5, 0.6) is 0 Å². The number of hydrogen-bond donors (Lipinski definition) is 2. The molecular weight excluding hydrogens is 358 g/mol. The predicted octanol–water partition coefficient (Wildman–Crippen LogP) is -0.318. The Morgan fingerprint density at radius 3 is 2.46 bits per heavy atom. The summed E-state index contributed by atoms with van der Waals surface area (Å²) in [6.45, 7) is 1.15. The van der Waals surface area contributed by atoms with E-state index in [-0.39, 0.29) is 12.5 Å². The zero-order valence-corrected chi connectivity index (χ0v) is 15.3. The van der Waals surface area contributed by atoms with Crippen molar-refractivity contribution < 1.29 is 23.1 Å². The van der Waals surface area contributed by atoms with Crippen LogP contribution < -0.4 is 5.32 Å². The molecule has 1 aromatic carbocycles. The number of hydrogen-bond acceptors (Lipinski definition) is 5. The molecule has 1 aliphatic carbocycles. The van der Waals surface area contributed by atoms with Gasteiger partial charge in [-0.2, -0.15) is 4.31 Å². The van der Waals surface area contributed by atoms with Crippen molar-refractivity contribution in [2.24, 2.45) is 0 Å². The highest BCUT2D eigenvalue weighted by Crippen LogP contribution is 2.26. The third-order valence-corrected chi connectivity index (χ3v) is 6.74. The van der Waals surface area contributed by atoms with Crippen LogP contribution in [0.25, 0.3) is 0 Å². The van der Waals surface area contributed by atoms with Crippen molar-refractivity contribution in [1.29, 1.82) is 0 Å². The summed E-state index contributed by atoms with van der Waals surface area (Å²) in [6.07, 6.45) is 3.01. The number of amides is 1. The van der Waals surface area contributed by atoms with Crippen LogP contribution in [0, 0.1) is 0 Å². The third kappa shape index (κ3) is 4.22. The SMILES string of the molecule is O=C(O)CNC(=O)CN1CCN(S(=O)(=O)c2ccc3c(c2)CCC3)CC1. The lowest BCUT2D eigenvalue weighted by Gasteiger charge is -2.33. The van der Waals surface area contributed by atoms with Gasteiger partial charge in [0.1, 0.15) is 6.54 Å². The van der Waals surface area contributed by atoms with Gasteiger partial charge in [-0.15, -0.1) is 0 Å². The van der Waals surface area contributed by atoms with Crippen LogP contribution in [0.2, 0.25) is 0 Å². The molecule has 0 spiro atoms. The van der Waals surface area contributed by atoms with E-state index in [0.717, 1.165) is 24.8 Å². The molecular formula is C17H23N3O5S. The summed E-state index contributed by atoms with van der Waals surface area (Å²) in [7, 11) is -3.53. The summed E-state index contributed by atoms with van der Waals surface area (Å²) in [5, 5.41) is 10.9. The van der Waals surface area contributed by atoms with Gasteiger partial charge in [-0.25, -0.2) is 8.42 Å². The highest BCUT2D eigenvalue weighted by atomic mass is 32.2. The topological polar surface area (TPSA) is 107 Å². The van der Waals surface area contributed by atoms with Gasteiger partial charge in [-0.05, 0) is 42.5 Å². The Hall–Kier alpha value is -1.97. The number of carboxylic acids is 1. The van der Waals surface area contributed by atoms with Gasteiger partial charge in [0, 0.05) is 26.2 Å². The van der Waals surface area contributed by atoms with Gasteiger partial charge >= 0.3 is 5.97 Å². The standard InChI is InChI=1S/C17H23N3O5S/c21-16(18-11-17(22)23)12-19-6-8-20(9-7-19)26(24,25)15-5-4-13-2-1-3-14(13)10-15/h4-5,10H,1-3,6-9,11-12H2,(H,18,21)(H,22,23). The summed E-state index contributed by atoms with van der Waals surface area (Å²) < 4.78 is 27.2. The Balaban J connectivity index is 1.57. The third-order valence-electron chi connectivity index (χ3n) is 4.84. The molecule has 2 aliphatic rings. The van der Waals surface area contributed by atoms with E-state index < -0.39 is 22.5 Å². The maximum absolute atomic E-state index is 12.9. The molecule has 26 heavy (non-hydrogen) atoms. The highest BCUT2D eigenvalue weighted by molar-refractivity contribution is 7.89. The number of fused-ring (bicyclic) bond motifs is 1. The lowest BCUT2D eigenvalue weighted by atomic mass is 10.1. The first-order valence-corrected chi connectivity index (χ1v) is 10.1. The van der Waals surface area contributed by atoms with Gasteiger partial charge in [-0.1, -0.05) is 6.07 Å². The Morgan fingerprint density at radius 1 is 1.08 bits per heavy atom. The summed E-state index contributed by atoms with van der Waals surface area (Å²) in [5.41, 5.74) is 2.36. The van der Waals surface area contributed by atoms with E-state index in [4.69, 9.17) is 5.11 Å². The molecule has 1 amide bonds. The average Bonchev–Trinajstić information content (AvgIpc) is 3.08. The van der Waals surface area contributed by atoms with Crippen LogP contribution >= 0.6 is 0 Å². The van der Waals surface area contributed by atoms with Gasteiger partial charge in [0.05, 0.1) is 11.4 Å². The Labute approximate surface area is 152 Å². The summed E-state index contributed by atoms with van der Waals surface area (Å²) in [6, 6.07) is 5.40. The summed E-state index contributed by atoms with van der Waals surface area (Å²) in [4.78, 5) is 24.3. The molecule has 0 bridgehead atoms. The number of nitrogens with one attached hydrogen (secondary N) is 1. The Kier molecular flexibility index (Phi) is 5.59. The van der Waals surface area contributed by atoms with Crippen LogP contribution in [-0.2, 0) is 32.5 Å². The fourth-order valence-electron chi connectivity index (χ4n) is 3.42. The lowest BCUT2D eigenvalue weighted by molar-refractivity contribution is -0.138. The van der Waals surface area contributed by atoms with E-state index in [1.807, 2.05) is 11.0 Å². The highest BCUT2D eigenvalue weighted by Gasteiger charge is 2.29. The molecule has 0 radical (unpaired) electrons. The second-order valence-electron chi connectivity index (χ2n) is 6.63. The molecule has 1 fully saturated rings. The summed E-state index contributed by atoms with van der Waals surface area (Å²) in [5.74, 6) is -1.47. The number of nitrogens with zero attached hydrogens (tertiary/aromatic N) is 2. The van der Waals surface area contributed by atoms with E-state index in [1.54, 1.807) is 12.1 Å². The minimum Gasteiger partial charge on any atom is -0.480 e. The molecule has 142 valence electrons. The zero-order chi connectivity index (χ0) is 18.7. The molecule has 0 saturated carbocycles. The smallest absolute Gasteiger partial charge is 0.322 e. The van der Waals surface area contributed by atoms with Crippen molar-refractivity contribution >= 4 is 21.9 Å². The Morgan fingerprint density at radius 2 is 1.77 bits per heavy atom. The molecule has 1 saturated heterocycles. The molecule has 3 rings (SSSR count). The molecule has 1 aromatic rings. The van der Waals surface area contributed by atoms with Gasteiger partial charge in [-0.3, -0.25) is 14.5 Å². The van der Waals surface area contributed by atoms with Crippen LogP contribution in [0.1, 0.15) is 17.5 Å². The van der Waals surface area contributed by atoms with E-state index in [2.05, 4.69) is 5.32 Å². The normalized spacial score (nSPS) is 18.5. The number of benzene rings is 1. The first-order valence-electron chi connectivity index (χ1n) is 8.69. The fraction of sp³-hybridized carbons (Fsp3) is 0.529. The van der Waals surface area contributed by atoms with E-state index in [0.29, 0.717) is 31.1 Å². The van der Waals surface area contributed by atoms with E-state index in [1.165, 1.54) is 9.87 Å². The number of carbonyl (C=O) groups is 2. The first-order chi connectivity index (χ1) is 12.4. The van der Waals surface area contributed by atoms with Crippen molar-refractivity contribution in [3.05, 3.63) is 29.3 Å². The number of rotatable bonds is 6. The zero-order valence-electron chi connectivity index (χ0n) is 14.5. The maximum atomic E-state index is 12.9. The number of aryl methyl sites for hydroxylation is 2. The molecule has 1 aliphatic heterocycles. The minimum atomic E-state index is -3.53. The number of carboxylic acid groups (broad SMARTS) is 1. The van der Waals surface area contributed by atoms with Crippen molar-refractivity contribution in [3.63, 3.8) is 0 Å². The number of carbonyl (C=O) groups excluding carboxylic acids is 1. The van der Waals surface area contributed by atoms with Gasteiger partial charge in [0.15, 0.2) is 0 Å². The fourth-order valence-corrected chi connectivity index (χ4v) is 4.89. The van der Waals surface area contributed by atoms with E-state index in [9.17, 15) is 18.0 Å². The van der Waals surface area contributed by atoms with Crippen LogP contribution in [-0.4, -0.2) is 73.9 Å². The molecule has 8 nitrogen and oxygen atoms in total. The summed E-state index contributed by atoms with van der Waals surface area (Å²) >= 11 is 0. The number of sulfonamides is 1. The van der Waals surface area contributed by atoms with Crippen LogP contribution in [0.15, 0.2) is 23.1 Å². The van der Waals surface area contributed by atoms with Crippen LogP contribution in [0.4, 0.5) is 0 Å². The predicted molar refractivity (Wildman–Crippen MR) is 94.3 cm³/mol. The maximum Gasteiger partial charge on any atom is 0.322 e. The minimum absolute atomic E-state index is 0.0695. The Bertz CT molecular complexity index is 801. The largest absolute Gasteiger partial charge is 0.480 e. The molecule has 0 atom stereocenters. The molecule has 0 unspecified atom stereocenters. The van der Waals surface area contributed by atoms with Crippen molar-refractivity contribution in [2.75, 3.05) is 39.3 Å². The number of aliphatic carboxylic acids is 1.